The van der Waals surface area contributed by atoms with E-state index in [-0.39, 0.29) is 24.8 Å². The van der Waals surface area contributed by atoms with Crippen LogP contribution in [-0.4, -0.2) is 41.1 Å². The van der Waals surface area contributed by atoms with E-state index in [4.69, 9.17) is 5.11 Å². The van der Waals surface area contributed by atoms with Crippen LogP contribution in [0, 0.1) is 5.82 Å². The lowest BCUT2D eigenvalue weighted by molar-refractivity contribution is 0.0761. The highest BCUT2D eigenvalue weighted by molar-refractivity contribution is 5.92. The third-order valence-electron chi connectivity index (χ3n) is 1.73. The third-order valence-corrected chi connectivity index (χ3v) is 1.73. The normalized spacial score (nSPS) is 9.93. The van der Waals surface area contributed by atoms with Gasteiger partial charge in [-0.05, 0) is 12.1 Å². The molecule has 1 N–H and O–H groups in total. The molecule has 0 saturated heterocycles. The van der Waals surface area contributed by atoms with Crippen LogP contribution in [0.5, 0.6) is 0 Å². The van der Waals surface area contributed by atoms with Crippen LogP contribution in [0.2, 0.25) is 0 Å². The Morgan fingerprint density at radius 3 is 2.86 bits per heavy atom. The number of carbonyl (C=O) groups excluding carboxylic acids is 1. The highest BCUT2D eigenvalue weighted by atomic mass is 19.1. The van der Waals surface area contributed by atoms with Gasteiger partial charge in [0.15, 0.2) is 0 Å². The summed E-state index contributed by atoms with van der Waals surface area (Å²) < 4.78 is 12.5. The van der Waals surface area contributed by atoms with Gasteiger partial charge in [0, 0.05) is 13.6 Å². The Bertz CT molecular complexity index is 313. The van der Waals surface area contributed by atoms with Crippen molar-refractivity contribution in [1.29, 1.82) is 0 Å². The van der Waals surface area contributed by atoms with Crippen LogP contribution in [0.15, 0.2) is 18.3 Å². The molecule has 0 atom stereocenters. The quantitative estimate of drug-likeness (QED) is 0.759. The Hall–Kier alpha value is -1.49. The molecule has 0 bridgehead atoms. The molecule has 0 aliphatic rings. The van der Waals surface area contributed by atoms with Gasteiger partial charge >= 0.3 is 0 Å². The Morgan fingerprint density at radius 2 is 2.36 bits per heavy atom. The third kappa shape index (κ3) is 2.50. The average Bonchev–Trinajstić information content (AvgIpc) is 2.18. The van der Waals surface area contributed by atoms with Crippen LogP contribution < -0.4 is 0 Å². The molecule has 0 saturated carbocycles. The number of nitrogens with zero attached hydrogens (tertiary/aromatic N) is 2. The number of hydrogen-bond donors (Lipinski definition) is 1. The van der Waals surface area contributed by atoms with E-state index in [0.29, 0.717) is 0 Å². The van der Waals surface area contributed by atoms with Crippen molar-refractivity contribution in [3.8, 4) is 0 Å². The molecule has 1 aromatic rings. The fourth-order valence-electron chi connectivity index (χ4n) is 0.949. The van der Waals surface area contributed by atoms with Gasteiger partial charge < -0.3 is 10.0 Å². The highest BCUT2D eigenvalue weighted by Crippen LogP contribution is 2.01. The number of likely N-dealkylation sites (N-methyl/N-ethyl adjacent to an activating group) is 1. The maximum atomic E-state index is 12.5. The van der Waals surface area contributed by atoms with Gasteiger partial charge in [-0.2, -0.15) is 0 Å². The number of rotatable bonds is 3. The van der Waals surface area contributed by atoms with Crippen molar-refractivity contribution in [2.45, 2.75) is 0 Å². The van der Waals surface area contributed by atoms with Gasteiger partial charge in [-0.25, -0.2) is 9.37 Å². The SMILES string of the molecule is CN(CCO)C(=O)c1ccc(F)cn1. The monoisotopic (exact) mass is 198 g/mol. The molecule has 0 spiro atoms. The summed E-state index contributed by atoms with van der Waals surface area (Å²) in [6, 6.07) is 2.48. The number of pyridine rings is 1. The second-order valence-corrected chi connectivity index (χ2v) is 2.81. The number of aliphatic hydroxyl groups excluding tert-OH is 1. The largest absolute Gasteiger partial charge is 0.395 e. The first-order chi connectivity index (χ1) is 6.65. The summed E-state index contributed by atoms with van der Waals surface area (Å²) in [5.74, 6) is -0.814. The molecule has 0 radical (unpaired) electrons. The zero-order valence-electron chi connectivity index (χ0n) is 7.77. The molecule has 0 unspecified atom stereocenters. The number of aromatic nitrogens is 1. The molecule has 1 amide bonds. The van der Waals surface area contributed by atoms with Gasteiger partial charge in [0.25, 0.3) is 5.91 Å². The molecule has 1 rings (SSSR count). The summed E-state index contributed by atoms with van der Waals surface area (Å²) in [5, 5.41) is 8.60. The summed E-state index contributed by atoms with van der Waals surface area (Å²) in [4.78, 5) is 16.4. The highest BCUT2D eigenvalue weighted by Gasteiger charge is 2.11. The fraction of sp³-hybridized carbons (Fsp3) is 0.333. The molecule has 0 aromatic carbocycles. The number of aliphatic hydroxyl groups is 1. The lowest BCUT2D eigenvalue weighted by Gasteiger charge is -2.14. The average molecular weight is 198 g/mol. The van der Waals surface area contributed by atoms with Gasteiger partial charge in [-0.3, -0.25) is 4.79 Å². The number of hydrogen-bond acceptors (Lipinski definition) is 3. The van der Waals surface area contributed by atoms with Gasteiger partial charge in [0.05, 0.1) is 12.8 Å². The molecule has 0 aliphatic carbocycles. The smallest absolute Gasteiger partial charge is 0.272 e. The predicted molar refractivity (Wildman–Crippen MR) is 48.2 cm³/mol. The number of amides is 1. The van der Waals surface area contributed by atoms with Gasteiger partial charge in [0.2, 0.25) is 0 Å². The minimum Gasteiger partial charge on any atom is -0.395 e. The minimum absolute atomic E-state index is 0.108. The molecule has 1 heterocycles. The Morgan fingerprint density at radius 1 is 1.64 bits per heavy atom. The molecule has 14 heavy (non-hydrogen) atoms. The molecule has 5 heteroatoms. The first-order valence-corrected chi connectivity index (χ1v) is 4.13. The van der Waals surface area contributed by atoms with E-state index >= 15 is 0 Å². The first kappa shape index (κ1) is 10.6. The Kier molecular flexibility index (Phi) is 3.53. The standard InChI is InChI=1S/C9H11FN2O2/c1-12(4-5-13)9(14)8-3-2-7(10)6-11-8/h2-3,6,13H,4-5H2,1H3. The molecule has 76 valence electrons. The molecule has 0 aliphatic heterocycles. The van der Waals surface area contributed by atoms with E-state index in [9.17, 15) is 9.18 Å². The molecule has 1 aromatic heterocycles. The number of halogens is 1. The van der Waals surface area contributed by atoms with Crippen molar-refractivity contribution in [2.24, 2.45) is 0 Å². The molecule has 4 nitrogen and oxygen atoms in total. The number of carbonyl (C=O) groups is 1. The second kappa shape index (κ2) is 4.66. The van der Waals surface area contributed by atoms with E-state index in [1.807, 2.05) is 0 Å². The van der Waals surface area contributed by atoms with Crippen LogP contribution in [0.1, 0.15) is 10.5 Å². The van der Waals surface area contributed by atoms with Crippen LogP contribution in [0.4, 0.5) is 4.39 Å². The van der Waals surface area contributed by atoms with Gasteiger partial charge in [0.1, 0.15) is 11.5 Å². The van der Waals surface area contributed by atoms with Crippen LogP contribution in [-0.2, 0) is 0 Å². The Labute approximate surface area is 81.0 Å². The van der Waals surface area contributed by atoms with E-state index in [2.05, 4.69) is 4.98 Å². The van der Waals surface area contributed by atoms with Crippen LogP contribution in [0.25, 0.3) is 0 Å². The maximum absolute atomic E-state index is 12.5. The lowest BCUT2D eigenvalue weighted by atomic mass is 10.3. The summed E-state index contributed by atoms with van der Waals surface area (Å²) >= 11 is 0. The minimum atomic E-state index is -0.480. The molecular weight excluding hydrogens is 187 g/mol. The second-order valence-electron chi connectivity index (χ2n) is 2.81. The molecular formula is C9H11FN2O2. The summed E-state index contributed by atoms with van der Waals surface area (Å²) in [7, 11) is 1.55. The van der Waals surface area contributed by atoms with Crippen LogP contribution in [0.3, 0.4) is 0 Å². The van der Waals surface area contributed by atoms with Crippen molar-refractivity contribution in [3.63, 3.8) is 0 Å². The summed E-state index contributed by atoms with van der Waals surface area (Å²) in [6.07, 6.45) is 0.986. The topological polar surface area (TPSA) is 53.4 Å². The lowest BCUT2D eigenvalue weighted by Crippen LogP contribution is -2.30. The Balaban J connectivity index is 2.74. The van der Waals surface area contributed by atoms with Crippen molar-refractivity contribution < 1.29 is 14.3 Å². The predicted octanol–water partition coefficient (Wildman–Crippen LogP) is 0.285. The zero-order chi connectivity index (χ0) is 10.6. The van der Waals surface area contributed by atoms with Gasteiger partial charge in [-0.15, -0.1) is 0 Å². The zero-order valence-corrected chi connectivity index (χ0v) is 7.77. The van der Waals surface area contributed by atoms with Crippen molar-refractivity contribution in [3.05, 3.63) is 29.8 Å². The summed E-state index contributed by atoms with van der Waals surface area (Å²) in [6.45, 7) is 0.126. The van der Waals surface area contributed by atoms with Crippen molar-refractivity contribution in [2.75, 3.05) is 20.2 Å². The van der Waals surface area contributed by atoms with E-state index in [0.717, 1.165) is 6.20 Å². The first-order valence-electron chi connectivity index (χ1n) is 4.13. The van der Waals surface area contributed by atoms with Gasteiger partial charge in [-0.1, -0.05) is 0 Å². The molecule has 0 fully saturated rings. The van der Waals surface area contributed by atoms with E-state index in [1.165, 1.54) is 17.0 Å². The van der Waals surface area contributed by atoms with Crippen LogP contribution >= 0.6 is 0 Å². The van der Waals surface area contributed by atoms with E-state index in [1.54, 1.807) is 7.05 Å². The van der Waals surface area contributed by atoms with E-state index < -0.39 is 5.82 Å². The fourth-order valence-corrected chi connectivity index (χ4v) is 0.949. The maximum Gasteiger partial charge on any atom is 0.272 e. The van der Waals surface area contributed by atoms with Crippen molar-refractivity contribution in [1.82, 2.24) is 9.88 Å². The summed E-state index contributed by atoms with van der Waals surface area (Å²) in [5.41, 5.74) is 0.169. The van der Waals surface area contributed by atoms with Crippen molar-refractivity contribution >= 4 is 5.91 Å².